The van der Waals surface area contributed by atoms with Crippen LogP contribution in [0.5, 0.6) is 0 Å². The summed E-state index contributed by atoms with van der Waals surface area (Å²) in [5, 5.41) is 0.866. The molecule has 1 heterocycles. The van der Waals surface area contributed by atoms with Crippen molar-refractivity contribution in [1.82, 2.24) is 9.97 Å². The third-order valence-corrected chi connectivity index (χ3v) is 2.19. The molecule has 2 N–H and O–H groups in total. The number of hydrogen-bond donors (Lipinski definition) is 1. The summed E-state index contributed by atoms with van der Waals surface area (Å²) in [5.74, 6) is 0.116. The van der Waals surface area contributed by atoms with E-state index in [0.717, 1.165) is 5.39 Å². The number of aromatic nitrogens is 2. The monoisotopic (exact) mass is 217 g/mol. The first-order chi connectivity index (χ1) is 7.70. The third-order valence-electron chi connectivity index (χ3n) is 2.19. The molecular formula is C11H11N3O2. The fourth-order valence-electron chi connectivity index (χ4n) is 1.41. The summed E-state index contributed by atoms with van der Waals surface area (Å²) in [7, 11) is 1.58. The highest BCUT2D eigenvalue weighted by molar-refractivity contribution is 5.96. The van der Waals surface area contributed by atoms with Gasteiger partial charge in [-0.05, 0) is 12.1 Å². The molecule has 1 aromatic carbocycles. The molecule has 0 saturated carbocycles. The van der Waals surface area contributed by atoms with E-state index in [1.165, 1.54) is 0 Å². The molecule has 0 aliphatic carbocycles. The minimum atomic E-state index is -0.464. The molecule has 5 heteroatoms. The van der Waals surface area contributed by atoms with Gasteiger partial charge in [0.2, 0.25) is 5.91 Å². The number of rotatable bonds is 3. The molecule has 0 radical (unpaired) electrons. The molecule has 0 bridgehead atoms. The molecule has 0 unspecified atom stereocenters. The van der Waals surface area contributed by atoms with Crippen LogP contribution >= 0.6 is 0 Å². The maximum Gasteiger partial charge on any atom is 0.248 e. The van der Waals surface area contributed by atoms with Gasteiger partial charge in [-0.3, -0.25) is 4.79 Å². The smallest absolute Gasteiger partial charge is 0.248 e. The molecule has 1 aromatic heterocycles. The van der Waals surface area contributed by atoms with Crippen LogP contribution in [-0.2, 0) is 11.3 Å². The van der Waals surface area contributed by atoms with Gasteiger partial charge in [-0.1, -0.05) is 6.07 Å². The van der Waals surface area contributed by atoms with Crippen molar-refractivity contribution in [1.29, 1.82) is 0 Å². The van der Waals surface area contributed by atoms with Crippen LogP contribution in [0.1, 0.15) is 16.2 Å². The van der Waals surface area contributed by atoms with E-state index in [4.69, 9.17) is 10.5 Å². The second kappa shape index (κ2) is 4.24. The Hall–Kier alpha value is -2.01. The van der Waals surface area contributed by atoms with Crippen molar-refractivity contribution in [3.05, 3.63) is 35.8 Å². The number of ether oxygens (including phenoxy) is 1. The Kier molecular flexibility index (Phi) is 2.78. The Morgan fingerprint density at radius 1 is 1.50 bits per heavy atom. The summed E-state index contributed by atoms with van der Waals surface area (Å²) in [6.07, 6.45) is 1.70. The highest BCUT2D eigenvalue weighted by Gasteiger charge is 2.04. The highest BCUT2D eigenvalue weighted by Crippen LogP contribution is 2.13. The van der Waals surface area contributed by atoms with Crippen molar-refractivity contribution in [2.24, 2.45) is 5.73 Å². The van der Waals surface area contributed by atoms with Crippen molar-refractivity contribution in [2.75, 3.05) is 7.11 Å². The van der Waals surface area contributed by atoms with Crippen molar-refractivity contribution < 1.29 is 9.53 Å². The molecule has 0 spiro atoms. The summed E-state index contributed by atoms with van der Waals surface area (Å²) in [5.41, 5.74) is 6.33. The number of nitrogens with zero attached hydrogens (tertiary/aromatic N) is 2. The fourth-order valence-corrected chi connectivity index (χ4v) is 1.41. The van der Waals surface area contributed by atoms with Gasteiger partial charge in [-0.25, -0.2) is 9.97 Å². The normalized spacial score (nSPS) is 10.6. The maximum absolute atomic E-state index is 11.0. The van der Waals surface area contributed by atoms with Crippen LogP contribution in [0.4, 0.5) is 0 Å². The first-order valence-corrected chi connectivity index (χ1v) is 4.75. The van der Waals surface area contributed by atoms with Gasteiger partial charge in [-0.2, -0.15) is 0 Å². The lowest BCUT2D eigenvalue weighted by Gasteiger charge is -2.02. The summed E-state index contributed by atoms with van der Waals surface area (Å²) in [6, 6.07) is 5.08. The van der Waals surface area contributed by atoms with Gasteiger partial charge in [-0.15, -0.1) is 0 Å². The number of hydrogen-bond acceptors (Lipinski definition) is 4. The van der Waals surface area contributed by atoms with Gasteiger partial charge >= 0.3 is 0 Å². The lowest BCUT2D eigenvalue weighted by atomic mass is 10.1. The third kappa shape index (κ3) is 1.99. The second-order valence-electron chi connectivity index (χ2n) is 3.36. The number of amides is 1. The number of nitrogens with two attached hydrogens (primary N) is 1. The van der Waals surface area contributed by atoms with Crippen LogP contribution in [-0.4, -0.2) is 23.0 Å². The van der Waals surface area contributed by atoms with E-state index in [0.29, 0.717) is 23.5 Å². The molecule has 2 rings (SSSR count). The molecule has 1 amide bonds. The molecule has 82 valence electrons. The molecule has 16 heavy (non-hydrogen) atoms. The summed E-state index contributed by atoms with van der Waals surface area (Å²) in [6.45, 7) is 0.344. The fraction of sp³-hybridized carbons (Fsp3) is 0.182. The van der Waals surface area contributed by atoms with Crippen LogP contribution in [0.3, 0.4) is 0 Å². The number of benzene rings is 1. The Bertz CT molecular complexity index is 540. The molecule has 2 aromatic rings. The Morgan fingerprint density at radius 2 is 2.31 bits per heavy atom. The number of primary amides is 1. The van der Waals surface area contributed by atoms with Gasteiger partial charge < -0.3 is 10.5 Å². The van der Waals surface area contributed by atoms with Gasteiger partial charge in [0.05, 0.1) is 5.52 Å². The van der Waals surface area contributed by atoms with Crippen LogP contribution < -0.4 is 5.73 Å². The van der Waals surface area contributed by atoms with E-state index in [2.05, 4.69) is 9.97 Å². The largest absolute Gasteiger partial charge is 0.377 e. The van der Waals surface area contributed by atoms with E-state index in [-0.39, 0.29) is 0 Å². The zero-order chi connectivity index (χ0) is 11.5. The Balaban J connectivity index is 2.52. The predicted molar refractivity (Wildman–Crippen MR) is 58.8 cm³/mol. The number of carbonyl (C=O) groups is 1. The van der Waals surface area contributed by atoms with E-state index in [9.17, 15) is 4.79 Å². The quantitative estimate of drug-likeness (QED) is 0.827. The minimum Gasteiger partial charge on any atom is -0.377 e. The lowest BCUT2D eigenvalue weighted by molar-refractivity contribution is 0.100. The van der Waals surface area contributed by atoms with Gasteiger partial charge in [0.1, 0.15) is 6.61 Å². The number of fused-ring (bicyclic) bond motifs is 1. The van der Waals surface area contributed by atoms with Crippen molar-refractivity contribution in [3.8, 4) is 0 Å². The van der Waals surface area contributed by atoms with E-state index in [1.807, 2.05) is 0 Å². The predicted octanol–water partition coefficient (Wildman–Crippen LogP) is 0.875. The molecule has 0 aliphatic rings. The van der Waals surface area contributed by atoms with Crippen molar-refractivity contribution >= 4 is 16.8 Å². The van der Waals surface area contributed by atoms with E-state index >= 15 is 0 Å². The molecule has 5 nitrogen and oxygen atoms in total. The molecular weight excluding hydrogens is 206 g/mol. The number of carbonyl (C=O) groups excluding carboxylic acids is 1. The zero-order valence-electron chi connectivity index (χ0n) is 8.80. The molecule has 0 fully saturated rings. The van der Waals surface area contributed by atoms with Crippen LogP contribution in [0, 0.1) is 0 Å². The van der Waals surface area contributed by atoms with Crippen LogP contribution in [0.2, 0.25) is 0 Å². The second-order valence-corrected chi connectivity index (χ2v) is 3.36. The molecule has 0 atom stereocenters. The summed E-state index contributed by atoms with van der Waals surface area (Å²) < 4.78 is 4.94. The Morgan fingerprint density at radius 3 is 3.00 bits per heavy atom. The van der Waals surface area contributed by atoms with Crippen LogP contribution in [0.15, 0.2) is 24.4 Å². The molecule has 0 aliphatic heterocycles. The zero-order valence-corrected chi connectivity index (χ0v) is 8.80. The molecule has 0 saturated heterocycles. The van der Waals surface area contributed by atoms with E-state index < -0.39 is 5.91 Å². The maximum atomic E-state index is 11.0. The summed E-state index contributed by atoms with van der Waals surface area (Å²) >= 11 is 0. The Labute approximate surface area is 92.3 Å². The summed E-state index contributed by atoms with van der Waals surface area (Å²) in [4.78, 5) is 19.4. The van der Waals surface area contributed by atoms with Gasteiger partial charge in [0, 0.05) is 24.3 Å². The average molecular weight is 217 g/mol. The van der Waals surface area contributed by atoms with Crippen LogP contribution in [0.25, 0.3) is 10.9 Å². The standard InChI is InChI=1S/C11H11N3O2/c1-16-6-10-13-5-8-3-2-7(11(12)15)4-9(8)14-10/h2-5H,6H2,1H3,(H2,12,15). The van der Waals surface area contributed by atoms with Gasteiger partial charge in [0.25, 0.3) is 0 Å². The SMILES string of the molecule is COCc1ncc2ccc(C(N)=O)cc2n1. The first-order valence-electron chi connectivity index (χ1n) is 4.75. The van der Waals surface area contributed by atoms with Crippen molar-refractivity contribution in [3.63, 3.8) is 0 Å². The minimum absolute atomic E-state index is 0.344. The topological polar surface area (TPSA) is 78.1 Å². The van der Waals surface area contributed by atoms with E-state index in [1.54, 1.807) is 31.5 Å². The van der Waals surface area contributed by atoms with Gasteiger partial charge in [0.15, 0.2) is 5.82 Å². The van der Waals surface area contributed by atoms with Crippen molar-refractivity contribution in [2.45, 2.75) is 6.61 Å². The average Bonchev–Trinajstić information content (AvgIpc) is 2.28. The number of methoxy groups -OCH3 is 1. The first kappa shape index (κ1) is 10.5. The lowest BCUT2D eigenvalue weighted by Crippen LogP contribution is -2.10. The highest BCUT2D eigenvalue weighted by atomic mass is 16.5.